The largest absolute Gasteiger partial charge is 0.534 e. The minimum atomic E-state index is -5.87. The average Bonchev–Trinajstić information content (AvgIpc) is 3.43. The van der Waals surface area contributed by atoms with Gasteiger partial charge >= 0.3 is 21.8 Å². The van der Waals surface area contributed by atoms with Gasteiger partial charge in [-0.25, -0.2) is 4.98 Å². The van der Waals surface area contributed by atoms with Crippen LogP contribution in [0.25, 0.3) is 34.2 Å². The molecular formula is C22H12F6N2O5S. The molecule has 0 unspecified atom stereocenters. The van der Waals surface area contributed by atoms with E-state index in [4.69, 9.17) is 8.94 Å². The normalized spacial score (nSPS) is 13.8. The van der Waals surface area contributed by atoms with Crippen LogP contribution in [0.15, 0.2) is 57.5 Å². The van der Waals surface area contributed by atoms with Gasteiger partial charge in [0.05, 0.1) is 5.69 Å². The summed E-state index contributed by atoms with van der Waals surface area (Å²) < 4.78 is 117. The van der Waals surface area contributed by atoms with E-state index in [1.54, 1.807) is 18.2 Å². The summed E-state index contributed by atoms with van der Waals surface area (Å²) in [4.78, 5) is 4.14. The molecule has 188 valence electrons. The van der Waals surface area contributed by atoms with Gasteiger partial charge in [0.1, 0.15) is 17.0 Å². The van der Waals surface area contributed by atoms with Crippen molar-refractivity contribution in [2.24, 2.45) is 0 Å². The molecule has 0 amide bonds. The third-order valence-electron chi connectivity index (χ3n) is 5.36. The van der Waals surface area contributed by atoms with Gasteiger partial charge in [-0.15, -0.1) is 0 Å². The highest BCUT2D eigenvalue weighted by Gasteiger charge is 2.48. The number of rotatable bonds is 4. The van der Waals surface area contributed by atoms with Gasteiger partial charge in [-0.1, -0.05) is 35.5 Å². The SMILES string of the molecule is O=S(=O)(Oc1ccc2c(c1)CCc1nc(-c3onc(-c4ccccc4)c3C(F)(F)F)oc1-2)C(F)(F)F. The number of hydrogen-bond donors (Lipinski definition) is 0. The highest BCUT2D eigenvalue weighted by Crippen LogP contribution is 2.45. The molecule has 0 N–H and O–H groups in total. The van der Waals surface area contributed by atoms with Crippen molar-refractivity contribution >= 4 is 10.1 Å². The fourth-order valence-corrected chi connectivity index (χ4v) is 4.25. The number of nitrogens with zero attached hydrogens (tertiary/aromatic N) is 2. The molecule has 36 heavy (non-hydrogen) atoms. The first-order valence-electron chi connectivity index (χ1n) is 10.1. The molecular weight excluding hydrogens is 518 g/mol. The van der Waals surface area contributed by atoms with Gasteiger partial charge in [-0.2, -0.15) is 34.8 Å². The molecule has 0 aliphatic heterocycles. The summed E-state index contributed by atoms with van der Waals surface area (Å²) in [5.41, 5.74) is -6.10. The lowest BCUT2D eigenvalue weighted by Gasteiger charge is -2.15. The van der Waals surface area contributed by atoms with E-state index in [2.05, 4.69) is 14.3 Å². The fourth-order valence-electron chi connectivity index (χ4n) is 3.80. The van der Waals surface area contributed by atoms with Crippen LogP contribution < -0.4 is 4.18 Å². The van der Waals surface area contributed by atoms with Crippen LogP contribution in [0.2, 0.25) is 0 Å². The van der Waals surface area contributed by atoms with Crippen molar-refractivity contribution in [3.05, 3.63) is 65.4 Å². The predicted molar refractivity (Wildman–Crippen MR) is 111 cm³/mol. The molecule has 2 aromatic heterocycles. The Balaban J connectivity index is 1.55. The van der Waals surface area contributed by atoms with Crippen LogP contribution in [0.5, 0.6) is 5.75 Å². The molecule has 4 aromatic rings. The average molecular weight is 530 g/mol. The van der Waals surface area contributed by atoms with E-state index in [1.807, 2.05) is 0 Å². The van der Waals surface area contributed by atoms with Crippen LogP contribution in [0.3, 0.4) is 0 Å². The van der Waals surface area contributed by atoms with Crippen LogP contribution in [-0.2, 0) is 29.1 Å². The number of halogens is 6. The molecule has 5 rings (SSSR count). The van der Waals surface area contributed by atoms with E-state index >= 15 is 0 Å². The number of aryl methyl sites for hydroxylation is 2. The Labute approximate surface area is 198 Å². The molecule has 0 saturated heterocycles. The van der Waals surface area contributed by atoms with Crippen molar-refractivity contribution < 1.29 is 47.9 Å². The lowest BCUT2D eigenvalue weighted by Crippen LogP contribution is -2.28. The zero-order valence-electron chi connectivity index (χ0n) is 17.6. The van der Waals surface area contributed by atoms with E-state index in [0.29, 0.717) is 16.8 Å². The third kappa shape index (κ3) is 4.10. The van der Waals surface area contributed by atoms with Crippen LogP contribution in [0.4, 0.5) is 26.3 Å². The Morgan fingerprint density at radius 2 is 1.64 bits per heavy atom. The number of aromatic nitrogens is 2. The number of oxazole rings is 1. The van der Waals surface area contributed by atoms with E-state index in [9.17, 15) is 34.8 Å². The summed E-state index contributed by atoms with van der Waals surface area (Å²) in [5, 5.41) is 3.58. The molecule has 2 heterocycles. The summed E-state index contributed by atoms with van der Waals surface area (Å²) >= 11 is 0. The maximum absolute atomic E-state index is 14.0. The van der Waals surface area contributed by atoms with Gasteiger partial charge in [0.25, 0.3) is 5.89 Å². The monoisotopic (exact) mass is 530 g/mol. The van der Waals surface area contributed by atoms with Gasteiger partial charge in [0.15, 0.2) is 5.76 Å². The zero-order valence-corrected chi connectivity index (χ0v) is 18.5. The highest BCUT2D eigenvalue weighted by molar-refractivity contribution is 7.88. The van der Waals surface area contributed by atoms with E-state index in [-0.39, 0.29) is 24.2 Å². The van der Waals surface area contributed by atoms with Crippen molar-refractivity contribution in [1.29, 1.82) is 0 Å². The van der Waals surface area contributed by atoms with Gasteiger partial charge < -0.3 is 13.1 Å². The second-order valence-corrected chi connectivity index (χ2v) is 9.23. The Bertz CT molecular complexity index is 1560. The van der Waals surface area contributed by atoms with Gasteiger partial charge in [-0.05, 0) is 36.6 Å². The van der Waals surface area contributed by atoms with Crippen molar-refractivity contribution in [1.82, 2.24) is 10.1 Å². The number of benzene rings is 2. The number of alkyl halides is 6. The standard InChI is InChI=1S/C22H12F6N2O5S/c23-21(24,25)16-17(11-4-2-1-3-5-11)30-34-19(16)20-29-15-9-6-12-10-13(7-8-14(12)18(15)33-20)35-36(31,32)22(26,27)28/h1-5,7-8,10H,6,9H2. The van der Waals surface area contributed by atoms with Crippen LogP contribution in [0, 0.1) is 0 Å². The molecule has 0 radical (unpaired) electrons. The smallest absolute Gasteiger partial charge is 0.433 e. The topological polar surface area (TPSA) is 95.4 Å². The first-order chi connectivity index (χ1) is 16.8. The van der Waals surface area contributed by atoms with Crippen LogP contribution >= 0.6 is 0 Å². The summed E-state index contributed by atoms with van der Waals surface area (Å²) in [5.74, 6) is -1.71. The quantitative estimate of drug-likeness (QED) is 0.181. The van der Waals surface area contributed by atoms with Gasteiger partial charge in [0, 0.05) is 11.1 Å². The summed E-state index contributed by atoms with van der Waals surface area (Å²) in [6.45, 7) is 0. The Hall–Kier alpha value is -3.81. The first kappa shape index (κ1) is 23.9. The molecule has 1 aliphatic rings. The number of hydrogen-bond acceptors (Lipinski definition) is 7. The molecule has 2 aromatic carbocycles. The third-order valence-corrected chi connectivity index (χ3v) is 6.34. The highest BCUT2D eigenvalue weighted by atomic mass is 32.2. The summed E-state index contributed by atoms with van der Waals surface area (Å²) in [6.07, 6.45) is -4.51. The Morgan fingerprint density at radius 3 is 2.31 bits per heavy atom. The molecule has 0 fully saturated rings. The predicted octanol–water partition coefficient (Wildman–Crippen LogP) is 6.01. The molecule has 1 aliphatic carbocycles. The second-order valence-electron chi connectivity index (χ2n) is 7.70. The van der Waals surface area contributed by atoms with Crippen molar-refractivity contribution in [3.8, 4) is 40.0 Å². The number of fused-ring (bicyclic) bond motifs is 3. The van der Waals surface area contributed by atoms with Crippen LogP contribution in [0.1, 0.15) is 16.8 Å². The Kier molecular flexibility index (Phi) is 5.39. The Morgan fingerprint density at radius 1 is 0.917 bits per heavy atom. The van der Waals surface area contributed by atoms with Crippen LogP contribution in [-0.4, -0.2) is 24.1 Å². The fraction of sp³-hybridized carbons (Fsp3) is 0.182. The maximum atomic E-state index is 14.0. The second kappa shape index (κ2) is 8.11. The molecule has 7 nitrogen and oxygen atoms in total. The minimum Gasteiger partial charge on any atom is -0.433 e. The molecule has 0 saturated carbocycles. The molecule has 0 bridgehead atoms. The van der Waals surface area contributed by atoms with Crippen molar-refractivity contribution in [2.75, 3.05) is 0 Å². The van der Waals surface area contributed by atoms with Gasteiger partial charge in [-0.3, -0.25) is 0 Å². The zero-order chi connectivity index (χ0) is 25.9. The lowest BCUT2D eigenvalue weighted by atomic mass is 9.93. The van der Waals surface area contributed by atoms with Crippen molar-refractivity contribution in [3.63, 3.8) is 0 Å². The van der Waals surface area contributed by atoms with Crippen molar-refractivity contribution in [2.45, 2.75) is 24.5 Å². The maximum Gasteiger partial charge on any atom is 0.534 e. The summed E-state index contributed by atoms with van der Waals surface area (Å²) in [7, 11) is -5.87. The minimum absolute atomic E-state index is 0.0715. The van der Waals surface area contributed by atoms with E-state index in [0.717, 1.165) is 12.1 Å². The van der Waals surface area contributed by atoms with E-state index in [1.165, 1.54) is 18.2 Å². The summed E-state index contributed by atoms with van der Waals surface area (Å²) in [6, 6.07) is 10.9. The molecule has 14 heteroatoms. The lowest BCUT2D eigenvalue weighted by molar-refractivity contribution is -0.136. The molecule has 0 spiro atoms. The molecule has 0 atom stereocenters. The van der Waals surface area contributed by atoms with Gasteiger partial charge in [0.2, 0.25) is 5.76 Å². The first-order valence-corrected chi connectivity index (χ1v) is 11.5. The van der Waals surface area contributed by atoms with E-state index < -0.39 is 50.5 Å².